The van der Waals surface area contributed by atoms with Gasteiger partial charge in [-0.3, -0.25) is 14.6 Å². The van der Waals surface area contributed by atoms with Gasteiger partial charge >= 0.3 is 0 Å². The average Bonchev–Trinajstić information content (AvgIpc) is 2.52. The molecule has 1 aliphatic heterocycles. The molecule has 1 aromatic rings. The summed E-state index contributed by atoms with van der Waals surface area (Å²) in [5.74, 6) is -0.469. The molecule has 0 spiro atoms. The number of benzene rings is 1. The summed E-state index contributed by atoms with van der Waals surface area (Å²) in [6, 6.07) is 5.87. The van der Waals surface area contributed by atoms with Crippen LogP contribution < -0.4 is 5.32 Å². The van der Waals surface area contributed by atoms with Crippen molar-refractivity contribution in [2.45, 2.75) is 13.0 Å². The minimum Gasteiger partial charge on any atom is -0.355 e. The average molecular weight is 339 g/mol. The third kappa shape index (κ3) is 4.41. The molecule has 1 heterocycles. The van der Waals surface area contributed by atoms with Crippen LogP contribution in [0.25, 0.3) is 0 Å². The third-order valence-electron chi connectivity index (χ3n) is 3.91. The van der Waals surface area contributed by atoms with Gasteiger partial charge in [0.2, 0.25) is 5.91 Å². The van der Waals surface area contributed by atoms with Crippen LogP contribution in [0.4, 0.5) is 4.39 Å². The van der Waals surface area contributed by atoms with Crippen molar-refractivity contribution in [3.8, 4) is 6.07 Å². The summed E-state index contributed by atoms with van der Waals surface area (Å²) in [6.07, 6.45) is 0. The van der Waals surface area contributed by atoms with E-state index in [-0.39, 0.29) is 16.5 Å². The van der Waals surface area contributed by atoms with Crippen LogP contribution in [-0.2, 0) is 4.79 Å². The molecule has 0 radical (unpaired) electrons. The Labute approximate surface area is 140 Å². The van der Waals surface area contributed by atoms with Crippen LogP contribution in [0, 0.1) is 17.1 Å². The number of hydrogen-bond donors (Lipinski definition) is 1. The Morgan fingerprint density at radius 3 is 2.70 bits per heavy atom. The number of nitrogens with zero attached hydrogens (tertiary/aromatic N) is 3. The van der Waals surface area contributed by atoms with E-state index < -0.39 is 11.9 Å². The third-order valence-corrected chi connectivity index (χ3v) is 4.24. The molecule has 0 unspecified atom stereocenters. The Morgan fingerprint density at radius 1 is 1.43 bits per heavy atom. The molecule has 2 rings (SSSR count). The van der Waals surface area contributed by atoms with E-state index in [9.17, 15) is 14.4 Å². The number of carbonyl (C=O) groups is 1. The second kappa shape index (κ2) is 8.25. The normalized spacial score (nSPS) is 17.5. The summed E-state index contributed by atoms with van der Waals surface area (Å²) < 4.78 is 14.1. The van der Waals surface area contributed by atoms with Crippen molar-refractivity contribution in [3.05, 3.63) is 34.6 Å². The van der Waals surface area contributed by atoms with Gasteiger partial charge in [-0.15, -0.1) is 0 Å². The Morgan fingerprint density at radius 2 is 2.13 bits per heavy atom. The molecule has 7 heteroatoms. The maximum Gasteiger partial charge on any atom is 0.234 e. The summed E-state index contributed by atoms with van der Waals surface area (Å²) in [5.41, 5.74) is 0.230. The fraction of sp³-hybridized carbons (Fsp3) is 0.500. The van der Waals surface area contributed by atoms with Gasteiger partial charge in [0, 0.05) is 43.3 Å². The molecule has 0 aliphatic carbocycles. The van der Waals surface area contributed by atoms with Gasteiger partial charge in [-0.2, -0.15) is 5.26 Å². The minimum atomic E-state index is -0.713. The molecule has 0 saturated carbocycles. The summed E-state index contributed by atoms with van der Waals surface area (Å²) in [6.45, 7) is 5.32. The van der Waals surface area contributed by atoms with Gasteiger partial charge in [0.05, 0.1) is 12.6 Å². The SMILES string of the molecule is CCNC(=O)CN1CCN([C@H](C#N)c2c(F)cccc2Cl)CC1. The first-order chi connectivity index (χ1) is 11.1. The molecule has 124 valence electrons. The molecule has 1 N–H and O–H groups in total. The molecule has 1 aliphatic rings. The standard InChI is InChI=1S/C16H20ClFN4O/c1-2-20-15(23)11-21-6-8-22(9-7-21)14(10-19)16-12(17)4-3-5-13(16)18/h3-5,14H,2,6-9,11H2,1H3,(H,20,23)/t14-/m1/s1. The largest absolute Gasteiger partial charge is 0.355 e. The van der Waals surface area contributed by atoms with Crippen molar-refractivity contribution in [2.75, 3.05) is 39.3 Å². The fourth-order valence-electron chi connectivity index (χ4n) is 2.74. The number of carbonyl (C=O) groups excluding carboxylic acids is 1. The first-order valence-electron chi connectivity index (χ1n) is 7.63. The molecule has 23 heavy (non-hydrogen) atoms. The zero-order valence-electron chi connectivity index (χ0n) is 13.1. The smallest absolute Gasteiger partial charge is 0.234 e. The molecule has 1 aromatic carbocycles. The highest BCUT2D eigenvalue weighted by molar-refractivity contribution is 6.31. The van der Waals surface area contributed by atoms with Crippen molar-refractivity contribution in [1.29, 1.82) is 5.26 Å². The molecule has 1 saturated heterocycles. The highest BCUT2D eigenvalue weighted by Crippen LogP contribution is 2.30. The summed E-state index contributed by atoms with van der Waals surface area (Å²) in [5, 5.41) is 12.5. The number of rotatable bonds is 5. The number of nitriles is 1. The summed E-state index contributed by atoms with van der Waals surface area (Å²) >= 11 is 6.07. The number of likely N-dealkylation sites (N-methyl/N-ethyl adjacent to an activating group) is 1. The quantitative estimate of drug-likeness (QED) is 0.889. The zero-order valence-corrected chi connectivity index (χ0v) is 13.8. The second-order valence-corrected chi connectivity index (χ2v) is 5.84. The maximum absolute atomic E-state index is 14.1. The molecular formula is C16H20ClFN4O. The monoisotopic (exact) mass is 338 g/mol. The molecule has 1 atom stereocenters. The number of hydrogen-bond acceptors (Lipinski definition) is 4. The van der Waals surface area contributed by atoms with E-state index in [1.54, 1.807) is 6.07 Å². The molecular weight excluding hydrogens is 319 g/mol. The second-order valence-electron chi connectivity index (χ2n) is 5.43. The minimum absolute atomic E-state index is 0.00469. The van der Waals surface area contributed by atoms with Crippen LogP contribution in [0.15, 0.2) is 18.2 Å². The molecule has 1 amide bonds. The van der Waals surface area contributed by atoms with Gasteiger partial charge < -0.3 is 5.32 Å². The number of halogens is 2. The van der Waals surface area contributed by atoms with Gasteiger partial charge in [-0.25, -0.2) is 4.39 Å². The van der Waals surface area contributed by atoms with Crippen LogP contribution in [0.5, 0.6) is 0 Å². The molecule has 1 fully saturated rings. The molecule has 0 aromatic heterocycles. The highest BCUT2D eigenvalue weighted by Gasteiger charge is 2.28. The highest BCUT2D eigenvalue weighted by atomic mass is 35.5. The van der Waals surface area contributed by atoms with Gasteiger partial charge in [0.15, 0.2) is 0 Å². The van der Waals surface area contributed by atoms with Crippen molar-refractivity contribution in [2.24, 2.45) is 0 Å². The lowest BCUT2D eigenvalue weighted by atomic mass is 10.0. The van der Waals surface area contributed by atoms with Crippen molar-refractivity contribution in [1.82, 2.24) is 15.1 Å². The van der Waals surface area contributed by atoms with Gasteiger partial charge in [0.25, 0.3) is 0 Å². The predicted molar refractivity (Wildman–Crippen MR) is 86.5 cm³/mol. The number of nitrogens with one attached hydrogen (secondary N) is 1. The Hall–Kier alpha value is -1.68. The number of piperazine rings is 1. The van der Waals surface area contributed by atoms with E-state index in [0.717, 1.165) is 0 Å². The van der Waals surface area contributed by atoms with E-state index in [1.807, 2.05) is 16.7 Å². The lowest BCUT2D eigenvalue weighted by molar-refractivity contribution is -0.122. The number of amides is 1. The summed E-state index contributed by atoms with van der Waals surface area (Å²) in [7, 11) is 0. The van der Waals surface area contributed by atoms with Gasteiger partial charge in [-0.1, -0.05) is 17.7 Å². The van der Waals surface area contributed by atoms with E-state index in [1.165, 1.54) is 12.1 Å². The van der Waals surface area contributed by atoms with Gasteiger partial charge in [0.1, 0.15) is 11.9 Å². The molecule has 5 nitrogen and oxygen atoms in total. The lowest BCUT2D eigenvalue weighted by Crippen LogP contribution is -2.50. The van der Waals surface area contributed by atoms with Crippen LogP contribution in [0.3, 0.4) is 0 Å². The van der Waals surface area contributed by atoms with Gasteiger partial charge in [-0.05, 0) is 19.1 Å². The van der Waals surface area contributed by atoms with Crippen LogP contribution >= 0.6 is 11.6 Å². The lowest BCUT2D eigenvalue weighted by Gasteiger charge is -2.36. The van der Waals surface area contributed by atoms with Crippen LogP contribution in [-0.4, -0.2) is 55.0 Å². The van der Waals surface area contributed by atoms with Crippen LogP contribution in [0.2, 0.25) is 5.02 Å². The molecule has 0 bridgehead atoms. The maximum atomic E-state index is 14.1. The van der Waals surface area contributed by atoms with E-state index in [0.29, 0.717) is 39.3 Å². The summed E-state index contributed by atoms with van der Waals surface area (Å²) in [4.78, 5) is 15.5. The predicted octanol–water partition coefficient (Wildman–Crippen LogP) is 1.80. The zero-order chi connectivity index (χ0) is 16.8. The fourth-order valence-corrected chi connectivity index (χ4v) is 3.00. The van der Waals surface area contributed by atoms with E-state index in [4.69, 9.17) is 11.6 Å². The van der Waals surface area contributed by atoms with E-state index in [2.05, 4.69) is 11.4 Å². The Kier molecular flexibility index (Phi) is 6.34. The Bertz CT molecular complexity index is 576. The van der Waals surface area contributed by atoms with E-state index >= 15 is 0 Å². The first kappa shape index (κ1) is 17.7. The first-order valence-corrected chi connectivity index (χ1v) is 8.01. The Balaban J connectivity index is 2.01. The topological polar surface area (TPSA) is 59.4 Å². The van der Waals surface area contributed by atoms with Crippen molar-refractivity contribution >= 4 is 17.5 Å². The van der Waals surface area contributed by atoms with Crippen molar-refractivity contribution < 1.29 is 9.18 Å². The van der Waals surface area contributed by atoms with Crippen LogP contribution in [0.1, 0.15) is 18.5 Å². The van der Waals surface area contributed by atoms with Crippen molar-refractivity contribution in [3.63, 3.8) is 0 Å².